The number of carbonyl (C=O) groups is 2. The highest BCUT2D eigenvalue weighted by Gasteiger charge is 2.31. The third-order valence-electron chi connectivity index (χ3n) is 4.10. The third-order valence-corrected chi connectivity index (χ3v) is 5.10. The van der Waals surface area contributed by atoms with Crippen molar-refractivity contribution in [3.8, 4) is 0 Å². The summed E-state index contributed by atoms with van der Waals surface area (Å²) in [5.41, 5.74) is 1.82. The van der Waals surface area contributed by atoms with Crippen molar-refractivity contribution in [3.05, 3.63) is 57.3 Å². The van der Waals surface area contributed by atoms with Crippen LogP contribution in [0.15, 0.2) is 35.7 Å². The van der Waals surface area contributed by atoms with Gasteiger partial charge in [-0.05, 0) is 48.1 Å². The van der Waals surface area contributed by atoms with Crippen LogP contribution in [-0.4, -0.2) is 28.4 Å². The lowest BCUT2D eigenvalue weighted by Crippen LogP contribution is -2.39. The molecule has 0 saturated heterocycles. The standard InChI is InChI=1S/C17H17NO3S/c1-2-14-13-7-9-22-15(13)6-8-18(14)16(19)11-4-3-5-12(10-11)17(20)21/h3-5,7,9-10,14H,2,6,8H2,1H3,(H,20,21). The molecule has 4 nitrogen and oxygen atoms in total. The van der Waals surface area contributed by atoms with Crippen molar-refractivity contribution in [2.24, 2.45) is 0 Å². The Morgan fingerprint density at radius 3 is 2.82 bits per heavy atom. The highest BCUT2D eigenvalue weighted by molar-refractivity contribution is 7.10. The van der Waals surface area contributed by atoms with Gasteiger partial charge in [-0.15, -0.1) is 11.3 Å². The minimum atomic E-state index is -1.01. The zero-order valence-electron chi connectivity index (χ0n) is 12.3. The Bertz CT molecular complexity index is 722. The van der Waals surface area contributed by atoms with Gasteiger partial charge >= 0.3 is 5.97 Å². The number of aromatic carboxylic acids is 1. The first-order valence-corrected chi connectivity index (χ1v) is 8.20. The molecule has 1 unspecified atom stereocenters. The molecule has 2 heterocycles. The fourth-order valence-corrected chi connectivity index (χ4v) is 3.96. The van der Waals surface area contributed by atoms with E-state index in [2.05, 4.69) is 18.4 Å². The molecule has 1 N–H and O–H groups in total. The number of carboxylic acid groups (broad SMARTS) is 1. The number of rotatable bonds is 3. The molecule has 0 aliphatic carbocycles. The maximum absolute atomic E-state index is 12.8. The van der Waals surface area contributed by atoms with Gasteiger partial charge in [-0.1, -0.05) is 13.0 Å². The second-order valence-electron chi connectivity index (χ2n) is 5.36. The molecule has 1 atom stereocenters. The van der Waals surface area contributed by atoms with Crippen LogP contribution in [0.2, 0.25) is 0 Å². The van der Waals surface area contributed by atoms with Crippen molar-refractivity contribution in [1.82, 2.24) is 4.90 Å². The summed E-state index contributed by atoms with van der Waals surface area (Å²) >= 11 is 1.74. The van der Waals surface area contributed by atoms with Crippen molar-refractivity contribution >= 4 is 23.2 Å². The minimum Gasteiger partial charge on any atom is -0.478 e. The average Bonchev–Trinajstić information content (AvgIpc) is 3.01. The Labute approximate surface area is 133 Å². The summed E-state index contributed by atoms with van der Waals surface area (Å²) in [5.74, 6) is -1.10. The second kappa shape index (κ2) is 5.93. The lowest BCUT2D eigenvalue weighted by molar-refractivity contribution is 0.0657. The summed E-state index contributed by atoms with van der Waals surface area (Å²) in [6.45, 7) is 2.76. The number of hydrogen-bond acceptors (Lipinski definition) is 3. The maximum atomic E-state index is 12.8. The molecule has 0 saturated carbocycles. The molecule has 2 aromatic rings. The lowest BCUT2D eigenvalue weighted by Gasteiger charge is -2.35. The van der Waals surface area contributed by atoms with E-state index in [1.807, 2.05) is 4.90 Å². The summed E-state index contributed by atoms with van der Waals surface area (Å²) in [5, 5.41) is 11.2. The number of thiophene rings is 1. The van der Waals surface area contributed by atoms with Gasteiger partial charge in [0.1, 0.15) is 0 Å². The minimum absolute atomic E-state index is 0.0796. The first kappa shape index (κ1) is 14.8. The highest BCUT2D eigenvalue weighted by Crippen LogP contribution is 2.36. The van der Waals surface area contributed by atoms with Crippen LogP contribution in [0.4, 0.5) is 0 Å². The van der Waals surface area contributed by atoms with E-state index in [4.69, 9.17) is 5.11 Å². The molecule has 1 aromatic carbocycles. The molecule has 0 fully saturated rings. The van der Waals surface area contributed by atoms with Gasteiger partial charge < -0.3 is 10.0 Å². The summed E-state index contributed by atoms with van der Waals surface area (Å²) < 4.78 is 0. The largest absolute Gasteiger partial charge is 0.478 e. The van der Waals surface area contributed by atoms with Crippen molar-refractivity contribution in [2.75, 3.05) is 6.54 Å². The Kier molecular flexibility index (Phi) is 3.98. The number of amides is 1. The van der Waals surface area contributed by atoms with Crippen molar-refractivity contribution in [3.63, 3.8) is 0 Å². The van der Waals surface area contributed by atoms with E-state index >= 15 is 0 Å². The van der Waals surface area contributed by atoms with Crippen molar-refractivity contribution in [1.29, 1.82) is 0 Å². The highest BCUT2D eigenvalue weighted by atomic mass is 32.1. The Hall–Kier alpha value is -2.14. The maximum Gasteiger partial charge on any atom is 0.335 e. The van der Waals surface area contributed by atoms with Gasteiger partial charge in [0, 0.05) is 17.0 Å². The van der Waals surface area contributed by atoms with Crippen LogP contribution in [0.5, 0.6) is 0 Å². The molecule has 1 amide bonds. The topological polar surface area (TPSA) is 57.6 Å². The van der Waals surface area contributed by atoms with E-state index in [-0.39, 0.29) is 17.5 Å². The SMILES string of the molecule is CCC1c2ccsc2CCN1C(=O)c1cccc(C(=O)O)c1. The third kappa shape index (κ3) is 2.52. The Morgan fingerprint density at radius 2 is 2.09 bits per heavy atom. The van der Waals surface area contributed by atoms with Crippen LogP contribution in [-0.2, 0) is 6.42 Å². The zero-order valence-corrected chi connectivity index (χ0v) is 13.1. The molecule has 22 heavy (non-hydrogen) atoms. The van der Waals surface area contributed by atoms with E-state index in [9.17, 15) is 9.59 Å². The normalized spacial score (nSPS) is 17.1. The van der Waals surface area contributed by atoms with Crippen molar-refractivity contribution < 1.29 is 14.7 Å². The number of carboxylic acids is 1. The smallest absolute Gasteiger partial charge is 0.335 e. The number of fused-ring (bicyclic) bond motifs is 1. The summed E-state index contributed by atoms with van der Waals surface area (Å²) in [6.07, 6.45) is 1.72. The first-order valence-electron chi connectivity index (χ1n) is 7.32. The number of hydrogen-bond donors (Lipinski definition) is 1. The van der Waals surface area contributed by atoms with Gasteiger partial charge in [-0.25, -0.2) is 4.79 Å². The quantitative estimate of drug-likeness (QED) is 0.941. The molecular weight excluding hydrogens is 298 g/mol. The zero-order chi connectivity index (χ0) is 15.7. The number of carbonyl (C=O) groups excluding carboxylic acids is 1. The molecule has 1 aliphatic heterocycles. The van der Waals surface area contributed by atoms with Crippen LogP contribution in [0.3, 0.4) is 0 Å². The van der Waals surface area contributed by atoms with Gasteiger partial charge in [0.05, 0.1) is 11.6 Å². The molecule has 0 radical (unpaired) electrons. The Balaban J connectivity index is 1.92. The molecule has 0 spiro atoms. The summed E-state index contributed by atoms with van der Waals surface area (Å²) in [6, 6.07) is 8.45. The van der Waals surface area contributed by atoms with Gasteiger partial charge in [0.15, 0.2) is 0 Å². The van der Waals surface area contributed by atoms with Crippen LogP contribution >= 0.6 is 11.3 Å². The molecule has 114 valence electrons. The summed E-state index contributed by atoms with van der Waals surface area (Å²) in [4.78, 5) is 27.1. The van der Waals surface area contributed by atoms with E-state index in [1.165, 1.54) is 22.6 Å². The Morgan fingerprint density at radius 1 is 1.32 bits per heavy atom. The second-order valence-corrected chi connectivity index (χ2v) is 6.36. The lowest BCUT2D eigenvalue weighted by atomic mass is 9.96. The van der Waals surface area contributed by atoms with Crippen LogP contribution < -0.4 is 0 Å². The average molecular weight is 315 g/mol. The molecule has 1 aromatic heterocycles. The molecule has 1 aliphatic rings. The fraction of sp³-hybridized carbons (Fsp3) is 0.294. The van der Waals surface area contributed by atoms with Gasteiger partial charge in [0.2, 0.25) is 0 Å². The predicted molar refractivity (Wildman–Crippen MR) is 85.5 cm³/mol. The van der Waals surface area contributed by atoms with E-state index in [0.29, 0.717) is 12.1 Å². The fourth-order valence-electron chi connectivity index (χ4n) is 3.03. The molecule has 3 rings (SSSR count). The predicted octanol–water partition coefficient (Wildman–Crippen LogP) is 3.60. The first-order chi connectivity index (χ1) is 10.6. The van der Waals surface area contributed by atoms with E-state index < -0.39 is 5.97 Å². The van der Waals surface area contributed by atoms with Crippen LogP contribution in [0.1, 0.15) is 50.5 Å². The molecular formula is C17H17NO3S. The summed E-state index contributed by atoms with van der Waals surface area (Å²) in [7, 11) is 0. The van der Waals surface area contributed by atoms with Gasteiger partial charge in [-0.2, -0.15) is 0 Å². The van der Waals surface area contributed by atoms with Crippen LogP contribution in [0.25, 0.3) is 0 Å². The van der Waals surface area contributed by atoms with Gasteiger partial charge in [0.25, 0.3) is 5.91 Å². The molecule has 0 bridgehead atoms. The van der Waals surface area contributed by atoms with E-state index in [1.54, 1.807) is 23.5 Å². The number of benzene rings is 1. The molecule has 5 heteroatoms. The van der Waals surface area contributed by atoms with Crippen LogP contribution in [0, 0.1) is 0 Å². The number of nitrogens with zero attached hydrogens (tertiary/aromatic N) is 1. The monoisotopic (exact) mass is 315 g/mol. The van der Waals surface area contributed by atoms with E-state index in [0.717, 1.165) is 12.8 Å². The van der Waals surface area contributed by atoms with Gasteiger partial charge in [-0.3, -0.25) is 4.79 Å². The van der Waals surface area contributed by atoms with Crippen molar-refractivity contribution in [2.45, 2.75) is 25.8 Å².